The molecule has 0 aliphatic rings. The summed E-state index contributed by atoms with van der Waals surface area (Å²) in [6.07, 6.45) is 0. The standard InChI is InChI=1S/C30H26O12/c1-7(2)11-15-17(19(29(39)40)27(37)25(11)35)23(33)13(9(5)21(15)31)14-10(6)22(32)16-12(8(3)4)26(36)28(38)20(30(41)42)18(16)24(14)34/h31-38H,5-6H2,1-4H3,(H,39,40)(H,41,42). The van der Waals surface area contributed by atoms with Crippen molar-refractivity contribution < 1.29 is 60.7 Å². The van der Waals surface area contributed by atoms with Gasteiger partial charge in [0.2, 0.25) is 0 Å². The molecule has 0 fully saturated rings. The van der Waals surface area contributed by atoms with Gasteiger partial charge < -0.3 is 51.1 Å². The molecule has 0 atom stereocenters. The molecule has 0 saturated heterocycles. The van der Waals surface area contributed by atoms with Crippen molar-refractivity contribution in [2.75, 3.05) is 0 Å². The minimum Gasteiger partial charge on any atom is -0.507 e. The molecule has 0 radical (unpaired) electrons. The van der Waals surface area contributed by atoms with E-state index in [1.54, 1.807) is 0 Å². The van der Waals surface area contributed by atoms with Gasteiger partial charge in [-0.3, -0.25) is 0 Å². The Labute approximate surface area is 235 Å². The van der Waals surface area contributed by atoms with Crippen LogP contribution in [0, 0.1) is 0 Å². The third-order valence-corrected chi connectivity index (χ3v) is 7.17. The van der Waals surface area contributed by atoms with Gasteiger partial charge in [-0.15, -0.1) is 0 Å². The first-order chi connectivity index (χ1) is 19.4. The highest BCUT2D eigenvalue weighted by atomic mass is 16.4. The normalized spacial score (nSPS) is 11.2. The van der Waals surface area contributed by atoms with E-state index in [0.29, 0.717) is 0 Å². The molecule has 12 heteroatoms. The molecule has 0 heterocycles. The van der Waals surface area contributed by atoms with Crippen LogP contribution in [-0.4, -0.2) is 63.0 Å². The van der Waals surface area contributed by atoms with Crippen molar-refractivity contribution in [3.05, 3.63) is 32.0 Å². The fourth-order valence-corrected chi connectivity index (χ4v) is 5.40. The lowest BCUT2D eigenvalue weighted by molar-refractivity contribution is 0.0683. The summed E-state index contributed by atoms with van der Waals surface area (Å²) in [5.41, 5.74) is -2.70. The molecule has 10 N–H and O–H groups in total. The Balaban J connectivity index is 2.49. The number of hydrogen-bond acceptors (Lipinski definition) is 10. The van der Waals surface area contributed by atoms with Crippen LogP contribution >= 0.6 is 0 Å². The fraction of sp³-hybridized carbons (Fsp3) is 0.133. The molecule has 4 aromatic carbocycles. The summed E-state index contributed by atoms with van der Waals surface area (Å²) >= 11 is 0. The molecule has 0 aliphatic heterocycles. The maximum absolute atomic E-state index is 12.2. The van der Waals surface area contributed by atoms with Crippen LogP contribution in [-0.2, 0) is 0 Å². The van der Waals surface area contributed by atoms with Crippen molar-refractivity contribution in [3.8, 4) is 57.1 Å². The van der Waals surface area contributed by atoms with E-state index in [4.69, 9.17) is 0 Å². The van der Waals surface area contributed by atoms with E-state index < -0.39 is 112 Å². The van der Waals surface area contributed by atoms with E-state index in [-0.39, 0.29) is 21.6 Å². The van der Waals surface area contributed by atoms with Crippen LogP contribution in [0.25, 0.3) is 57.0 Å². The molecule has 0 bridgehead atoms. The molecular formula is C30H26O12. The Morgan fingerprint density at radius 1 is 0.452 bits per heavy atom. The predicted octanol–water partition coefficient (Wildman–Crippen LogP) is 1.90. The number of hydrogen-bond donors (Lipinski definition) is 10. The van der Waals surface area contributed by atoms with E-state index >= 15 is 0 Å². The van der Waals surface area contributed by atoms with E-state index in [1.807, 2.05) is 0 Å². The summed E-state index contributed by atoms with van der Waals surface area (Å²) in [7, 11) is 0. The van der Waals surface area contributed by atoms with Gasteiger partial charge in [-0.25, -0.2) is 9.59 Å². The van der Waals surface area contributed by atoms with Crippen LogP contribution in [0.2, 0.25) is 0 Å². The molecular weight excluding hydrogens is 552 g/mol. The maximum atomic E-state index is 12.2. The highest BCUT2D eigenvalue weighted by Crippen LogP contribution is 2.47. The third-order valence-electron chi connectivity index (χ3n) is 7.17. The summed E-state index contributed by atoms with van der Waals surface area (Å²) < 4.78 is 0. The van der Waals surface area contributed by atoms with Crippen molar-refractivity contribution in [2.45, 2.75) is 27.7 Å². The molecule has 0 aromatic heterocycles. The highest BCUT2D eigenvalue weighted by molar-refractivity contribution is 6.17. The Morgan fingerprint density at radius 2 is 0.738 bits per heavy atom. The third kappa shape index (κ3) is 3.61. The predicted molar refractivity (Wildman–Crippen MR) is 153 cm³/mol. The van der Waals surface area contributed by atoms with Crippen molar-refractivity contribution in [2.24, 2.45) is 0 Å². The van der Waals surface area contributed by atoms with Gasteiger partial charge in [-0.05, 0) is 27.7 Å². The molecule has 0 spiro atoms. The molecule has 0 aliphatic carbocycles. The largest absolute Gasteiger partial charge is 0.507 e. The molecule has 12 nitrogen and oxygen atoms in total. The summed E-state index contributed by atoms with van der Waals surface area (Å²) in [5.74, 6) is -11.3. The van der Waals surface area contributed by atoms with Crippen LogP contribution in [0.4, 0.5) is 0 Å². The topological polar surface area (TPSA) is 236 Å². The molecule has 4 rings (SSSR count). The van der Waals surface area contributed by atoms with Gasteiger partial charge in [0.1, 0.15) is 34.1 Å². The maximum Gasteiger partial charge on any atom is 0.340 e. The Bertz CT molecular complexity index is 2030. The first-order valence-corrected chi connectivity index (χ1v) is 12.1. The summed E-state index contributed by atoms with van der Waals surface area (Å²) in [6.45, 7) is 13.3. The minimum absolute atomic E-state index is 0.218. The summed E-state index contributed by atoms with van der Waals surface area (Å²) in [4.78, 5) is 24.4. The van der Waals surface area contributed by atoms with Crippen LogP contribution in [0.3, 0.4) is 0 Å². The number of phenolic OH excluding ortho intramolecular Hbond substituents is 6. The van der Waals surface area contributed by atoms with E-state index in [2.05, 4.69) is 13.2 Å². The second kappa shape index (κ2) is 9.41. The smallest absolute Gasteiger partial charge is 0.340 e. The van der Waals surface area contributed by atoms with Crippen molar-refractivity contribution in [1.29, 1.82) is 0 Å². The van der Waals surface area contributed by atoms with Gasteiger partial charge in [0, 0.05) is 53.5 Å². The zero-order chi connectivity index (χ0) is 31.9. The SMILES string of the molecule is C=c1c(-c2c(O)c3c(C(=O)O)c(O)c(O)c(=C(C)C)c3c(O)c2=C)c(O)c2c(C(=O)O)c(O)c(O)c(=C(C)C)c2c1O. The molecule has 42 heavy (non-hydrogen) atoms. The van der Waals surface area contributed by atoms with Gasteiger partial charge in [0.15, 0.2) is 23.0 Å². The minimum atomic E-state index is -1.82. The molecule has 0 unspecified atom stereocenters. The number of carboxylic acid groups (broad SMARTS) is 2. The van der Waals surface area contributed by atoms with Crippen LogP contribution in [0.1, 0.15) is 48.4 Å². The molecule has 4 aromatic rings. The molecule has 218 valence electrons. The number of fused-ring (bicyclic) bond motifs is 2. The Hall–Kier alpha value is -5.78. The second-order valence-electron chi connectivity index (χ2n) is 10.1. The van der Waals surface area contributed by atoms with Gasteiger partial charge in [0.05, 0.1) is 0 Å². The Kier molecular flexibility index (Phi) is 6.54. The van der Waals surface area contributed by atoms with Crippen molar-refractivity contribution in [1.82, 2.24) is 0 Å². The van der Waals surface area contributed by atoms with Crippen LogP contribution < -0.4 is 20.9 Å². The van der Waals surface area contributed by atoms with Gasteiger partial charge in [-0.2, -0.15) is 0 Å². The summed E-state index contributed by atoms with van der Waals surface area (Å²) in [5, 5.41) is 104. The molecule has 0 amide bonds. The zero-order valence-electron chi connectivity index (χ0n) is 22.7. The van der Waals surface area contributed by atoms with Crippen molar-refractivity contribution in [3.63, 3.8) is 0 Å². The van der Waals surface area contributed by atoms with Gasteiger partial charge in [0.25, 0.3) is 0 Å². The summed E-state index contributed by atoms with van der Waals surface area (Å²) in [6, 6.07) is 0. The average Bonchev–Trinajstić information content (AvgIpc) is 2.88. The van der Waals surface area contributed by atoms with Gasteiger partial charge in [-0.1, -0.05) is 24.3 Å². The number of aromatic hydroxyl groups is 8. The van der Waals surface area contributed by atoms with Crippen LogP contribution in [0.5, 0.6) is 46.0 Å². The quantitative estimate of drug-likeness (QED) is 0.124. The van der Waals surface area contributed by atoms with Crippen molar-refractivity contribution >= 4 is 57.8 Å². The lowest BCUT2D eigenvalue weighted by Crippen LogP contribution is -2.19. The first kappa shape index (κ1) is 29.2. The average molecular weight is 579 g/mol. The van der Waals surface area contributed by atoms with Gasteiger partial charge >= 0.3 is 11.9 Å². The lowest BCUT2D eigenvalue weighted by atomic mass is 9.87. The first-order valence-electron chi connectivity index (χ1n) is 12.1. The number of phenols is 8. The lowest BCUT2D eigenvalue weighted by Gasteiger charge is -2.20. The number of rotatable bonds is 3. The number of benzene rings is 4. The van der Waals surface area contributed by atoms with E-state index in [9.17, 15) is 60.7 Å². The molecule has 0 saturated carbocycles. The Morgan fingerprint density at radius 3 is 0.976 bits per heavy atom. The monoisotopic (exact) mass is 578 g/mol. The highest BCUT2D eigenvalue weighted by Gasteiger charge is 2.32. The van der Waals surface area contributed by atoms with E-state index in [1.165, 1.54) is 27.7 Å². The number of carbonyl (C=O) groups is 2. The fourth-order valence-electron chi connectivity index (χ4n) is 5.40. The van der Waals surface area contributed by atoms with E-state index in [0.717, 1.165) is 0 Å². The number of aromatic carboxylic acids is 2. The second-order valence-corrected chi connectivity index (χ2v) is 10.1. The zero-order valence-corrected chi connectivity index (χ0v) is 22.7. The number of carboxylic acids is 2. The van der Waals surface area contributed by atoms with Crippen LogP contribution in [0.15, 0.2) is 0 Å².